The number of hydrogen-bond acceptors (Lipinski definition) is 4. The van der Waals surface area contributed by atoms with Gasteiger partial charge in [-0.3, -0.25) is 4.79 Å². The summed E-state index contributed by atoms with van der Waals surface area (Å²) in [4.78, 5) is 23.1. The summed E-state index contributed by atoms with van der Waals surface area (Å²) < 4.78 is 10.1. The minimum absolute atomic E-state index is 0.0221. The van der Waals surface area contributed by atoms with Gasteiger partial charge in [-0.05, 0) is 46.0 Å². The van der Waals surface area contributed by atoms with Gasteiger partial charge in [-0.15, -0.1) is 0 Å². The second-order valence-electron chi connectivity index (χ2n) is 5.72. The Kier molecular flexibility index (Phi) is 5.63. The molecule has 0 aromatic carbocycles. The number of nitrogens with one attached hydrogen (secondary N) is 1. The third kappa shape index (κ3) is 5.09. The Hall–Kier alpha value is -1.26. The van der Waals surface area contributed by atoms with E-state index in [0.717, 1.165) is 32.1 Å². The molecule has 0 heterocycles. The van der Waals surface area contributed by atoms with Crippen molar-refractivity contribution in [2.24, 2.45) is 5.92 Å². The van der Waals surface area contributed by atoms with E-state index < -0.39 is 5.60 Å². The van der Waals surface area contributed by atoms with E-state index in [2.05, 4.69) is 5.32 Å². The molecule has 1 N–H and O–H groups in total. The lowest BCUT2D eigenvalue weighted by atomic mass is 9.86. The summed E-state index contributed by atoms with van der Waals surface area (Å²) >= 11 is 0. The standard InChI is InChI=1S/C14H25NO4/c1-5-14(2,3)19-13(17)15-11-8-6-10(7-9-11)12(16)18-4/h10-11H,5-9H2,1-4H3,(H,15,17). The first-order valence-electron chi connectivity index (χ1n) is 6.95. The van der Waals surface area contributed by atoms with Crippen LogP contribution in [0.5, 0.6) is 0 Å². The number of esters is 1. The molecule has 0 saturated heterocycles. The van der Waals surface area contributed by atoms with Gasteiger partial charge in [0.15, 0.2) is 0 Å². The Balaban J connectivity index is 2.33. The van der Waals surface area contributed by atoms with Crippen LogP contribution in [0.25, 0.3) is 0 Å². The first kappa shape index (κ1) is 15.8. The van der Waals surface area contributed by atoms with Crippen LogP contribution in [0.15, 0.2) is 0 Å². The maximum atomic E-state index is 11.7. The van der Waals surface area contributed by atoms with Crippen LogP contribution in [0.3, 0.4) is 0 Å². The third-order valence-electron chi connectivity index (χ3n) is 3.80. The van der Waals surface area contributed by atoms with Crippen LogP contribution in [0.1, 0.15) is 52.9 Å². The molecule has 0 unspecified atom stereocenters. The SMILES string of the molecule is CCC(C)(C)OC(=O)NC1CCC(C(=O)OC)CC1. The zero-order valence-electron chi connectivity index (χ0n) is 12.3. The Morgan fingerprint density at radius 3 is 2.26 bits per heavy atom. The predicted octanol–water partition coefficient (Wildman–Crippen LogP) is 2.63. The summed E-state index contributed by atoms with van der Waals surface area (Å²) in [6, 6.07) is 0.0982. The van der Waals surface area contributed by atoms with Crippen LogP contribution >= 0.6 is 0 Å². The van der Waals surface area contributed by atoms with Gasteiger partial charge in [0, 0.05) is 6.04 Å². The molecular weight excluding hydrogens is 246 g/mol. The highest BCUT2D eigenvalue weighted by atomic mass is 16.6. The number of carbonyl (C=O) groups is 2. The van der Waals surface area contributed by atoms with Crippen molar-refractivity contribution in [2.45, 2.75) is 64.5 Å². The Labute approximate surface area is 115 Å². The summed E-state index contributed by atoms with van der Waals surface area (Å²) in [6.07, 6.45) is 3.51. The average Bonchev–Trinajstić information content (AvgIpc) is 2.38. The highest BCUT2D eigenvalue weighted by Gasteiger charge is 2.29. The van der Waals surface area contributed by atoms with Gasteiger partial charge in [-0.25, -0.2) is 4.79 Å². The quantitative estimate of drug-likeness (QED) is 0.798. The molecule has 1 amide bonds. The highest BCUT2D eigenvalue weighted by molar-refractivity contribution is 5.72. The van der Waals surface area contributed by atoms with Crippen LogP contribution in [-0.4, -0.2) is 30.8 Å². The first-order valence-corrected chi connectivity index (χ1v) is 6.95. The molecule has 110 valence electrons. The zero-order chi connectivity index (χ0) is 14.5. The number of hydrogen-bond donors (Lipinski definition) is 1. The lowest BCUT2D eigenvalue weighted by Gasteiger charge is -2.29. The molecule has 1 aliphatic rings. The van der Waals surface area contributed by atoms with Gasteiger partial charge in [-0.2, -0.15) is 0 Å². The highest BCUT2D eigenvalue weighted by Crippen LogP contribution is 2.25. The van der Waals surface area contributed by atoms with E-state index in [4.69, 9.17) is 9.47 Å². The maximum absolute atomic E-state index is 11.7. The van der Waals surface area contributed by atoms with Gasteiger partial charge in [0.2, 0.25) is 0 Å². The molecule has 1 fully saturated rings. The second-order valence-corrected chi connectivity index (χ2v) is 5.72. The van der Waals surface area contributed by atoms with Crippen molar-refractivity contribution in [1.29, 1.82) is 0 Å². The van der Waals surface area contributed by atoms with Crippen molar-refractivity contribution in [3.8, 4) is 0 Å². The molecule has 0 atom stereocenters. The number of rotatable bonds is 4. The minimum Gasteiger partial charge on any atom is -0.469 e. The van der Waals surface area contributed by atoms with Gasteiger partial charge in [0.25, 0.3) is 0 Å². The summed E-state index contributed by atoms with van der Waals surface area (Å²) in [6.45, 7) is 5.76. The minimum atomic E-state index is -0.437. The predicted molar refractivity (Wildman–Crippen MR) is 71.7 cm³/mol. The van der Waals surface area contributed by atoms with E-state index in [1.807, 2.05) is 20.8 Å². The molecule has 0 bridgehead atoms. The van der Waals surface area contributed by atoms with E-state index in [9.17, 15) is 9.59 Å². The van der Waals surface area contributed by atoms with Crippen molar-refractivity contribution in [3.05, 3.63) is 0 Å². The van der Waals surface area contributed by atoms with Crippen molar-refractivity contribution < 1.29 is 19.1 Å². The normalized spacial score (nSPS) is 23.6. The molecule has 1 saturated carbocycles. The summed E-state index contributed by atoms with van der Waals surface area (Å²) in [7, 11) is 1.41. The van der Waals surface area contributed by atoms with Gasteiger partial charge >= 0.3 is 12.1 Å². The molecule has 0 spiro atoms. The number of carbonyl (C=O) groups excluding carboxylic acids is 2. The number of ether oxygens (including phenoxy) is 2. The molecule has 5 heteroatoms. The molecule has 0 aromatic rings. The molecule has 5 nitrogen and oxygen atoms in total. The van der Waals surface area contributed by atoms with E-state index in [1.54, 1.807) is 0 Å². The second kappa shape index (κ2) is 6.78. The Morgan fingerprint density at radius 1 is 1.21 bits per heavy atom. The Morgan fingerprint density at radius 2 is 1.79 bits per heavy atom. The lowest BCUT2D eigenvalue weighted by Crippen LogP contribution is -2.42. The lowest BCUT2D eigenvalue weighted by molar-refractivity contribution is -0.146. The monoisotopic (exact) mass is 271 g/mol. The van der Waals surface area contributed by atoms with Gasteiger partial charge in [0.1, 0.15) is 5.60 Å². The van der Waals surface area contributed by atoms with Crippen LogP contribution < -0.4 is 5.32 Å². The van der Waals surface area contributed by atoms with Gasteiger partial charge < -0.3 is 14.8 Å². The zero-order valence-corrected chi connectivity index (χ0v) is 12.3. The molecule has 1 aliphatic carbocycles. The van der Waals surface area contributed by atoms with E-state index in [-0.39, 0.29) is 24.0 Å². The van der Waals surface area contributed by atoms with E-state index in [0.29, 0.717) is 0 Å². The molecular formula is C14H25NO4. The largest absolute Gasteiger partial charge is 0.469 e. The number of methoxy groups -OCH3 is 1. The fourth-order valence-corrected chi connectivity index (χ4v) is 2.16. The first-order chi connectivity index (χ1) is 8.88. The summed E-state index contributed by atoms with van der Waals surface area (Å²) in [5.41, 5.74) is -0.437. The van der Waals surface area contributed by atoms with Crippen molar-refractivity contribution in [2.75, 3.05) is 7.11 Å². The van der Waals surface area contributed by atoms with Crippen molar-refractivity contribution in [1.82, 2.24) is 5.32 Å². The molecule has 0 aliphatic heterocycles. The fourth-order valence-electron chi connectivity index (χ4n) is 2.16. The smallest absolute Gasteiger partial charge is 0.407 e. The topological polar surface area (TPSA) is 64.6 Å². The van der Waals surface area contributed by atoms with Crippen LogP contribution in [0, 0.1) is 5.92 Å². The Bertz CT molecular complexity index is 319. The maximum Gasteiger partial charge on any atom is 0.407 e. The molecule has 0 aromatic heterocycles. The molecule has 1 rings (SSSR count). The summed E-state index contributed by atoms with van der Waals surface area (Å²) in [5, 5.41) is 2.87. The van der Waals surface area contributed by atoms with Gasteiger partial charge in [0.05, 0.1) is 13.0 Å². The molecule has 0 radical (unpaired) electrons. The average molecular weight is 271 g/mol. The third-order valence-corrected chi connectivity index (χ3v) is 3.80. The fraction of sp³-hybridized carbons (Fsp3) is 0.857. The summed E-state index contributed by atoms with van der Waals surface area (Å²) in [5.74, 6) is -0.167. The number of amides is 1. The van der Waals surface area contributed by atoms with E-state index >= 15 is 0 Å². The van der Waals surface area contributed by atoms with Crippen molar-refractivity contribution >= 4 is 12.1 Å². The van der Waals surface area contributed by atoms with Crippen LogP contribution in [-0.2, 0) is 14.3 Å². The number of alkyl carbamates (subject to hydrolysis) is 1. The van der Waals surface area contributed by atoms with Crippen LogP contribution in [0.4, 0.5) is 4.79 Å². The van der Waals surface area contributed by atoms with Crippen LogP contribution in [0.2, 0.25) is 0 Å². The molecule has 19 heavy (non-hydrogen) atoms. The van der Waals surface area contributed by atoms with E-state index in [1.165, 1.54) is 7.11 Å². The van der Waals surface area contributed by atoms with Crippen molar-refractivity contribution in [3.63, 3.8) is 0 Å². The van der Waals surface area contributed by atoms with Gasteiger partial charge in [-0.1, -0.05) is 6.92 Å².